The number of aryl methyl sites for hydroxylation is 2. The molecule has 0 spiro atoms. The lowest BCUT2D eigenvalue weighted by Gasteiger charge is -2.02. The van der Waals surface area contributed by atoms with Gasteiger partial charge in [-0.05, 0) is 38.1 Å². The molecular formula is C17H15N3OS. The van der Waals surface area contributed by atoms with Crippen LogP contribution in [0.5, 0.6) is 0 Å². The zero-order valence-corrected chi connectivity index (χ0v) is 13.1. The van der Waals surface area contributed by atoms with Crippen LogP contribution in [0.1, 0.15) is 21.6 Å². The Kier molecular flexibility index (Phi) is 3.98. The largest absolute Gasteiger partial charge is 0.298 e. The van der Waals surface area contributed by atoms with Crippen LogP contribution in [-0.4, -0.2) is 15.9 Å². The van der Waals surface area contributed by atoms with Crippen LogP contribution in [0.4, 0.5) is 5.13 Å². The number of hydrogen-bond acceptors (Lipinski definition) is 4. The summed E-state index contributed by atoms with van der Waals surface area (Å²) in [7, 11) is 0. The third-order valence-electron chi connectivity index (χ3n) is 3.19. The number of pyridine rings is 1. The summed E-state index contributed by atoms with van der Waals surface area (Å²) in [4.78, 5) is 22.0. The van der Waals surface area contributed by atoms with Gasteiger partial charge in [0.2, 0.25) is 0 Å². The fourth-order valence-electron chi connectivity index (χ4n) is 2.14. The average Bonchev–Trinajstić information content (AvgIpc) is 2.88. The van der Waals surface area contributed by atoms with E-state index in [4.69, 9.17) is 0 Å². The van der Waals surface area contributed by atoms with Gasteiger partial charge >= 0.3 is 0 Å². The van der Waals surface area contributed by atoms with E-state index >= 15 is 0 Å². The average molecular weight is 309 g/mol. The highest BCUT2D eigenvalue weighted by Gasteiger charge is 2.13. The van der Waals surface area contributed by atoms with Gasteiger partial charge in [0.15, 0.2) is 5.13 Å². The SMILES string of the molecule is Cc1cccc(C(=O)Nc2nc(C)c(-c3ccccn3)s2)c1. The predicted molar refractivity (Wildman–Crippen MR) is 89.2 cm³/mol. The molecule has 0 saturated heterocycles. The molecule has 2 heterocycles. The maximum atomic E-state index is 12.3. The number of hydrogen-bond donors (Lipinski definition) is 1. The molecule has 4 nitrogen and oxygen atoms in total. The number of rotatable bonds is 3. The van der Waals surface area contributed by atoms with Crippen molar-refractivity contribution in [2.24, 2.45) is 0 Å². The Bertz CT molecular complexity index is 812. The summed E-state index contributed by atoms with van der Waals surface area (Å²) in [6, 6.07) is 13.2. The van der Waals surface area contributed by atoms with Crippen molar-refractivity contribution in [3.05, 3.63) is 65.5 Å². The third-order valence-corrected chi connectivity index (χ3v) is 4.29. The van der Waals surface area contributed by atoms with Gasteiger partial charge in [0.25, 0.3) is 5.91 Å². The number of thiazole rings is 1. The molecule has 0 aliphatic carbocycles. The predicted octanol–water partition coefficient (Wildman–Crippen LogP) is 4.07. The van der Waals surface area contributed by atoms with Crippen molar-refractivity contribution in [2.75, 3.05) is 5.32 Å². The number of benzene rings is 1. The monoisotopic (exact) mass is 309 g/mol. The summed E-state index contributed by atoms with van der Waals surface area (Å²) < 4.78 is 0. The first-order valence-electron chi connectivity index (χ1n) is 6.90. The fraction of sp³-hybridized carbons (Fsp3) is 0.118. The second-order valence-electron chi connectivity index (χ2n) is 4.97. The van der Waals surface area contributed by atoms with Crippen molar-refractivity contribution in [1.82, 2.24) is 9.97 Å². The van der Waals surface area contributed by atoms with Gasteiger partial charge in [-0.2, -0.15) is 0 Å². The van der Waals surface area contributed by atoms with Crippen molar-refractivity contribution in [3.8, 4) is 10.6 Å². The van der Waals surface area contributed by atoms with Crippen LogP contribution in [0.3, 0.4) is 0 Å². The summed E-state index contributed by atoms with van der Waals surface area (Å²) in [6.45, 7) is 3.88. The summed E-state index contributed by atoms with van der Waals surface area (Å²) in [5.74, 6) is -0.148. The molecule has 0 fully saturated rings. The first-order chi connectivity index (χ1) is 10.6. The van der Waals surface area contributed by atoms with Gasteiger partial charge in [-0.1, -0.05) is 35.1 Å². The minimum absolute atomic E-state index is 0.148. The maximum Gasteiger partial charge on any atom is 0.257 e. The van der Waals surface area contributed by atoms with Crippen LogP contribution >= 0.6 is 11.3 Å². The molecule has 0 saturated carbocycles. The third kappa shape index (κ3) is 3.04. The van der Waals surface area contributed by atoms with Gasteiger partial charge in [0.1, 0.15) is 0 Å². The molecule has 0 aliphatic heterocycles. The van der Waals surface area contributed by atoms with Crippen molar-refractivity contribution in [2.45, 2.75) is 13.8 Å². The molecule has 0 unspecified atom stereocenters. The number of carbonyl (C=O) groups is 1. The Balaban J connectivity index is 1.84. The van der Waals surface area contributed by atoms with E-state index in [1.54, 1.807) is 12.3 Å². The van der Waals surface area contributed by atoms with Gasteiger partial charge in [0, 0.05) is 11.8 Å². The first kappa shape index (κ1) is 14.4. The van der Waals surface area contributed by atoms with E-state index in [1.165, 1.54) is 11.3 Å². The van der Waals surface area contributed by atoms with E-state index in [1.807, 2.05) is 50.2 Å². The summed E-state index contributed by atoms with van der Waals surface area (Å²) >= 11 is 1.43. The minimum Gasteiger partial charge on any atom is -0.298 e. The van der Waals surface area contributed by atoms with Crippen molar-refractivity contribution < 1.29 is 4.79 Å². The topological polar surface area (TPSA) is 54.9 Å². The van der Waals surface area contributed by atoms with Crippen molar-refractivity contribution >= 4 is 22.4 Å². The van der Waals surface area contributed by atoms with Gasteiger partial charge in [-0.3, -0.25) is 15.1 Å². The number of aromatic nitrogens is 2. The van der Waals surface area contributed by atoms with E-state index in [0.29, 0.717) is 10.7 Å². The molecule has 0 radical (unpaired) electrons. The first-order valence-corrected chi connectivity index (χ1v) is 7.72. The second-order valence-corrected chi connectivity index (χ2v) is 5.97. The lowest BCUT2D eigenvalue weighted by Crippen LogP contribution is -2.11. The molecule has 0 aliphatic rings. The molecule has 3 aromatic rings. The maximum absolute atomic E-state index is 12.3. The number of nitrogens with one attached hydrogen (secondary N) is 1. The van der Waals surface area contributed by atoms with Crippen LogP contribution in [0.2, 0.25) is 0 Å². The Hall–Kier alpha value is -2.53. The molecule has 1 N–H and O–H groups in total. The molecule has 3 rings (SSSR count). The van der Waals surface area contributed by atoms with Crippen LogP contribution < -0.4 is 5.32 Å². The number of nitrogens with zero attached hydrogens (tertiary/aromatic N) is 2. The zero-order chi connectivity index (χ0) is 15.5. The Labute approximate surface area is 132 Å². The van der Waals surface area contributed by atoms with Crippen LogP contribution in [0, 0.1) is 13.8 Å². The van der Waals surface area contributed by atoms with Gasteiger partial charge in [0.05, 0.1) is 16.3 Å². The molecular weight excluding hydrogens is 294 g/mol. The molecule has 110 valence electrons. The lowest BCUT2D eigenvalue weighted by atomic mass is 10.1. The van der Waals surface area contributed by atoms with E-state index in [2.05, 4.69) is 15.3 Å². The number of carbonyl (C=O) groups excluding carboxylic acids is 1. The smallest absolute Gasteiger partial charge is 0.257 e. The fourth-order valence-corrected chi connectivity index (χ4v) is 3.08. The van der Waals surface area contributed by atoms with Crippen LogP contribution in [0.15, 0.2) is 48.7 Å². The van der Waals surface area contributed by atoms with E-state index in [-0.39, 0.29) is 5.91 Å². The Morgan fingerprint density at radius 3 is 2.73 bits per heavy atom. The number of anilines is 1. The highest BCUT2D eigenvalue weighted by atomic mass is 32.1. The molecule has 1 amide bonds. The zero-order valence-electron chi connectivity index (χ0n) is 12.3. The van der Waals surface area contributed by atoms with E-state index in [9.17, 15) is 4.79 Å². The normalized spacial score (nSPS) is 10.5. The molecule has 1 aromatic carbocycles. The van der Waals surface area contributed by atoms with Crippen molar-refractivity contribution in [3.63, 3.8) is 0 Å². The second kappa shape index (κ2) is 6.07. The summed E-state index contributed by atoms with van der Waals surface area (Å²) in [5.41, 5.74) is 3.42. The Morgan fingerprint density at radius 1 is 1.14 bits per heavy atom. The highest BCUT2D eigenvalue weighted by Crippen LogP contribution is 2.31. The van der Waals surface area contributed by atoms with Crippen LogP contribution in [0.25, 0.3) is 10.6 Å². The summed E-state index contributed by atoms with van der Waals surface area (Å²) in [6.07, 6.45) is 1.75. The Morgan fingerprint density at radius 2 is 2.00 bits per heavy atom. The summed E-state index contributed by atoms with van der Waals surface area (Å²) in [5, 5.41) is 3.44. The lowest BCUT2D eigenvalue weighted by molar-refractivity contribution is 0.102. The standard InChI is InChI=1S/C17H15N3OS/c1-11-6-5-7-13(10-11)16(21)20-17-19-12(2)15(22-17)14-8-3-4-9-18-14/h3-10H,1-2H3,(H,19,20,21). The van der Waals surface area contributed by atoms with Gasteiger partial charge in [-0.25, -0.2) is 4.98 Å². The highest BCUT2D eigenvalue weighted by molar-refractivity contribution is 7.19. The quantitative estimate of drug-likeness (QED) is 0.793. The molecule has 5 heteroatoms. The van der Waals surface area contributed by atoms with Gasteiger partial charge in [-0.15, -0.1) is 0 Å². The number of amides is 1. The minimum atomic E-state index is -0.148. The molecule has 0 bridgehead atoms. The van der Waals surface area contributed by atoms with E-state index < -0.39 is 0 Å². The van der Waals surface area contributed by atoms with Crippen molar-refractivity contribution in [1.29, 1.82) is 0 Å². The molecule has 2 aromatic heterocycles. The molecule has 0 atom stereocenters. The van der Waals surface area contributed by atoms with Gasteiger partial charge < -0.3 is 0 Å². The van der Waals surface area contributed by atoms with E-state index in [0.717, 1.165) is 21.8 Å². The van der Waals surface area contributed by atoms with Crippen LogP contribution in [-0.2, 0) is 0 Å². The molecule has 22 heavy (non-hydrogen) atoms.